The lowest BCUT2D eigenvalue weighted by Gasteiger charge is -2.27. The predicted molar refractivity (Wildman–Crippen MR) is 116 cm³/mol. The van der Waals surface area contributed by atoms with Crippen LogP contribution in [0.5, 0.6) is 0 Å². The SMILES string of the molecule is CCNC(=NCCCn1nc(C)cc1C)NCCN(C(=O)OC(C)(C)C)C1CC1. The number of rotatable bonds is 9. The molecule has 1 aromatic heterocycles. The fourth-order valence-corrected chi connectivity index (χ4v) is 3.08. The van der Waals surface area contributed by atoms with E-state index < -0.39 is 5.60 Å². The maximum atomic E-state index is 12.4. The van der Waals surface area contributed by atoms with E-state index in [0.29, 0.717) is 25.7 Å². The van der Waals surface area contributed by atoms with Crippen LogP contribution in [0.25, 0.3) is 0 Å². The Morgan fingerprint density at radius 1 is 1.34 bits per heavy atom. The van der Waals surface area contributed by atoms with E-state index in [1.54, 1.807) is 0 Å². The van der Waals surface area contributed by atoms with Crippen LogP contribution in [-0.4, -0.2) is 64.6 Å². The summed E-state index contributed by atoms with van der Waals surface area (Å²) in [6.45, 7) is 15.4. The lowest BCUT2D eigenvalue weighted by molar-refractivity contribution is 0.0238. The molecule has 1 aliphatic carbocycles. The lowest BCUT2D eigenvalue weighted by Crippen LogP contribution is -2.45. The third-order valence-electron chi connectivity index (χ3n) is 4.51. The summed E-state index contributed by atoms with van der Waals surface area (Å²) in [5, 5.41) is 11.1. The van der Waals surface area contributed by atoms with Gasteiger partial charge in [0.1, 0.15) is 5.60 Å². The summed E-state index contributed by atoms with van der Waals surface area (Å²) < 4.78 is 7.57. The average molecular weight is 407 g/mol. The van der Waals surface area contributed by atoms with Crippen LogP contribution in [-0.2, 0) is 11.3 Å². The van der Waals surface area contributed by atoms with Crippen LogP contribution in [0.4, 0.5) is 4.79 Å². The molecular weight excluding hydrogens is 368 g/mol. The first kappa shape index (κ1) is 23.0. The fourth-order valence-electron chi connectivity index (χ4n) is 3.08. The van der Waals surface area contributed by atoms with Crippen molar-refractivity contribution in [2.45, 2.75) is 79.0 Å². The van der Waals surface area contributed by atoms with E-state index in [1.807, 2.05) is 44.2 Å². The van der Waals surface area contributed by atoms with Gasteiger partial charge < -0.3 is 20.3 Å². The molecule has 0 aliphatic heterocycles. The molecule has 8 nitrogen and oxygen atoms in total. The van der Waals surface area contributed by atoms with Gasteiger partial charge in [0.2, 0.25) is 0 Å². The van der Waals surface area contributed by atoms with Crippen molar-refractivity contribution in [1.29, 1.82) is 0 Å². The maximum absolute atomic E-state index is 12.4. The molecule has 1 aromatic rings. The zero-order valence-corrected chi connectivity index (χ0v) is 18.9. The molecule has 0 spiro atoms. The summed E-state index contributed by atoms with van der Waals surface area (Å²) in [6.07, 6.45) is 2.80. The van der Waals surface area contributed by atoms with Gasteiger partial charge in [0.15, 0.2) is 5.96 Å². The molecule has 164 valence electrons. The molecule has 0 saturated heterocycles. The highest BCUT2D eigenvalue weighted by Crippen LogP contribution is 2.28. The van der Waals surface area contributed by atoms with Gasteiger partial charge in [0.25, 0.3) is 0 Å². The largest absolute Gasteiger partial charge is 0.444 e. The van der Waals surface area contributed by atoms with Gasteiger partial charge in [0, 0.05) is 44.5 Å². The molecule has 0 bridgehead atoms. The van der Waals surface area contributed by atoms with Crippen LogP contribution in [0.3, 0.4) is 0 Å². The van der Waals surface area contributed by atoms with Crippen LogP contribution >= 0.6 is 0 Å². The third-order valence-corrected chi connectivity index (χ3v) is 4.51. The Morgan fingerprint density at radius 2 is 2.07 bits per heavy atom. The number of aromatic nitrogens is 2. The Balaban J connectivity index is 1.78. The molecule has 29 heavy (non-hydrogen) atoms. The van der Waals surface area contributed by atoms with Gasteiger partial charge in [-0.1, -0.05) is 0 Å². The van der Waals surface area contributed by atoms with Crippen LogP contribution in [0.1, 0.15) is 58.3 Å². The van der Waals surface area contributed by atoms with E-state index >= 15 is 0 Å². The topological polar surface area (TPSA) is 83.8 Å². The Morgan fingerprint density at radius 3 is 2.62 bits per heavy atom. The Bertz CT molecular complexity index is 688. The molecule has 0 unspecified atom stereocenters. The van der Waals surface area contributed by atoms with Gasteiger partial charge in [-0.3, -0.25) is 9.67 Å². The quantitative estimate of drug-likeness (QED) is 0.374. The number of hydrogen-bond acceptors (Lipinski definition) is 4. The number of aryl methyl sites for hydroxylation is 3. The molecule has 0 atom stereocenters. The number of guanidine groups is 1. The van der Waals surface area contributed by atoms with Gasteiger partial charge in [0.05, 0.1) is 5.69 Å². The van der Waals surface area contributed by atoms with Crippen molar-refractivity contribution in [1.82, 2.24) is 25.3 Å². The molecule has 0 radical (unpaired) electrons. The normalized spacial score (nSPS) is 14.6. The van der Waals surface area contributed by atoms with Crippen molar-refractivity contribution in [3.8, 4) is 0 Å². The van der Waals surface area contributed by atoms with E-state index in [4.69, 9.17) is 4.74 Å². The number of nitrogens with zero attached hydrogens (tertiary/aromatic N) is 4. The standard InChI is InChI=1S/C21H38N6O2/c1-7-22-19(23-11-8-13-27-17(3)15-16(2)25-27)24-12-14-26(18-9-10-18)20(28)29-21(4,5)6/h15,18H,7-14H2,1-6H3,(H2,22,23,24). The Kier molecular flexibility index (Phi) is 8.34. The number of carbonyl (C=O) groups excluding carboxylic acids is 1. The smallest absolute Gasteiger partial charge is 0.410 e. The van der Waals surface area contributed by atoms with Gasteiger partial charge in [-0.2, -0.15) is 5.10 Å². The van der Waals surface area contributed by atoms with E-state index in [-0.39, 0.29) is 6.09 Å². The van der Waals surface area contributed by atoms with E-state index in [0.717, 1.165) is 44.0 Å². The molecule has 1 saturated carbocycles. The predicted octanol–water partition coefficient (Wildman–Crippen LogP) is 2.84. The number of carbonyl (C=O) groups is 1. The minimum absolute atomic E-state index is 0.228. The van der Waals surface area contributed by atoms with Gasteiger partial charge in [-0.15, -0.1) is 0 Å². The minimum Gasteiger partial charge on any atom is -0.444 e. The Hall–Kier alpha value is -2.25. The molecule has 1 aliphatic rings. The molecule has 1 heterocycles. The molecule has 1 fully saturated rings. The molecule has 8 heteroatoms. The van der Waals surface area contributed by atoms with E-state index in [2.05, 4.69) is 33.7 Å². The molecular formula is C21H38N6O2. The number of aliphatic imine (C=N–C) groups is 1. The second kappa shape index (κ2) is 10.5. The zero-order valence-electron chi connectivity index (χ0n) is 18.9. The number of amides is 1. The van der Waals surface area contributed by atoms with Crippen molar-refractivity contribution in [2.24, 2.45) is 4.99 Å². The monoisotopic (exact) mass is 406 g/mol. The van der Waals surface area contributed by atoms with E-state index in [9.17, 15) is 4.79 Å². The van der Waals surface area contributed by atoms with Crippen molar-refractivity contribution < 1.29 is 9.53 Å². The number of nitrogens with one attached hydrogen (secondary N) is 2. The van der Waals surface area contributed by atoms with Gasteiger partial charge in [-0.25, -0.2) is 4.79 Å². The van der Waals surface area contributed by atoms with Crippen molar-refractivity contribution >= 4 is 12.1 Å². The Labute approximate surface area is 175 Å². The highest BCUT2D eigenvalue weighted by atomic mass is 16.6. The van der Waals surface area contributed by atoms with Crippen LogP contribution < -0.4 is 10.6 Å². The first-order valence-corrected chi connectivity index (χ1v) is 10.7. The first-order chi connectivity index (χ1) is 13.7. The third kappa shape index (κ3) is 8.33. The summed E-state index contributed by atoms with van der Waals surface area (Å²) in [6, 6.07) is 2.40. The second-order valence-electron chi connectivity index (χ2n) is 8.60. The second-order valence-corrected chi connectivity index (χ2v) is 8.60. The highest BCUT2D eigenvalue weighted by Gasteiger charge is 2.34. The first-order valence-electron chi connectivity index (χ1n) is 10.7. The average Bonchev–Trinajstić information content (AvgIpc) is 3.38. The molecule has 0 aromatic carbocycles. The summed E-state index contributed by atoms with van der Waals surface area (Å²) in [5.41, 5.74) is 1.75. The van der Waals surface area contributed by atoms with Gasteiger partial charge >= 0.3 is 6.09 Å². The highest BCUT2D eigenvalue weighted by molar-refractivity contribution is 5.79. The van der Waals surface area contributed by atoms with Crippen molar-refractivity contribution in [3.63, 3.8) is 0 Å². The van der Waals surface area contributed by atoms with Crippen molar-refractivity contribution in [3.05, 3.63) is 17.5 Å². The fraction of sp³-hybridized carbons (Fsp3) is 0.762. The lowest BCUT2D eigenvalue weighted by atomic mass is 10.2. The maximum Gasteiger partial charge on any atom is 0.410 e. The minimum atomic E-state index is -0.473. The summed E-state index contributed by atoms with van der Waals surface area (Å²) in [4.78, 5) is 18.9. The van der Waals surface area contributed by atoms with Crippen LogP contribution in [0.15, 0.2) is 11.1 Å². The summed E-state index contributed by atoms with van der Waals surface area (Å²) >= 11 is 0. The van der Waals surface area contributed by atoms with Gasteiger partial charge in [-0.05, 0) is 66.9 Å². The van der Waals surface area contributed by atoms with Crippen LogP contribution in [0.2, 0.25) is 0 Å². The number of ether oxygens (including phenoxy) is 1. The molecule has 2 rings (SSSR count). The zero-order chi connectivity index (χ0) is 21.4. The van der Waals surface area contributed by atoms with Crippen LogP contribution in [0, 0.1) is 13.8 Å². The molecule has 2 N–H and O–H groups in total. The summed E-state index contributed by atoms with van der Waals surface area (Å²) in [7, 11) is 0. The molecule has 1 amide bonds. The van der Waals surface area contributed by atoms with Crippen molar-refractivity contribution in [2.75, 3.05) is 26.2 Å². The number of hydrogen-bond donors (Lipinski definition) is 2. The van der Waals surface area contributed by atoms with E-state index in [1.165, 1.54) is 5.69 Å². The summed E-state index contributed by atoms with van der Waals surface area (Å²) in [5.74, 6) is 0.779.